The Kier molecular flexibility index (Phi) is 4.48. The second-order valence-electron chi connectivity index (χ2n) is 6.21. The van der Waals surface area contributed by atoms with Crippen LogP contribution in [-0.2, 0) is 16.0 Å². The molecule has 126 valence electrons. The third kappa shape index (κ3) is 3.16. The number of ether oxygens (including phenoxy) is 2. The third-order valence-electron chi connectivity index (χ3n) is 4.51. The molecule has 1 aromatic heterocycles. The lowest BCUT2D eigenvalue weighted by atomic mass is 10.0. The van der Waals surface area contributed by atoms with E-state index in [1.165, 1.54) is 5.56 Å². The van der Waals surface area contributed by atoms with Crippen molar-refractivity contribution < 1.29 is 14.3 Å². The number of hydrogen-bond donors (Lipinski definition) is 1. The second kappa shape index (κ2) is 6.75. The molecule has 0 aliphatic carbocycles. The van der Waals surface area contributed by atoms with Crippen LogP contribution >= 0.6 is 22.9 Å². The van der Waals surface area contributed by atoms with Crippen LogP contribution in [-0.4, -0.2) is 31.8 Å². The molecule has 3 heterocycles. The van der Waals surface area contributed by atoms with E-state index in [-0.39, 0.29) is 17.9 Å². The summed E-state index contributed by atoms with van der Waals surface area (Å²) in [7, 11) is 0. The fourth-order valence-corrected chi connectivity index (χ4v) is 4.15. The monoisotopic (exact) mass is 363 g/mol. The smallest absolute Gasteiger partial charge is 0.225 e. The number of amides is 1. The summed E-state index contributed by atoms with van der Waals surface area (Å²) in [4.78, 5) is 12.1. The molecule has 1 fully saturated rings. The first-order chi connectivity index (χ1) is 11.7. The maximum absolute atomic E-state index is 12.1. The molecule has 1 aromatic carbocycles. The fourth-order valence-electron chi connectivity index (χ4n) is 3.20. The van der Waals surface area contributed by atoms with Crippen LogP contribution in [0.15, 0.2) is 29.0 Å². The molecule has 1 saturated heterocycles. The molecule has 0 unspecified atom stereocenters. The molecule has 0 spiro atoms. The van der Waals surface area contributed by atoms with Gasteiger partial charge in [0.2, 0.25) is 5.91 Å². The maximum Gasteiger partial charge on any atom is 0.225 e. The second-order valence-corrected chi connectivity index (χ2v) is 7.40. The lowest BCUT2D eigenvalue weighted by Crippen LogP contribution is -2.38. The minimum absolute atomic E-state index is 0.0254. The Labute approximate surface area is 149 Å². The van der Waals surface area contributed by atoms with Crippen molar-refractivity contribution >= 4 is 28.8 Å². The quantitative estimate of drug-likeness (QED) is 0.904. The number of thiophene rings is 1. The fraction of sp³-hybridized carbons (Fsp3) is 0.389. The summed E-state index contributed by atoms with van der Waals surface area (Å²) in [6.45, 7) is 1.69. The number of halogens is 1. The molecule has 4 rings (SSSR count). The number of nitrogens with one attached hydrogen (secondary N) is 1. The highest BCUT2D eigenvalue weighted by molar-refractivity contribution is 7.08. The van der Waals surface area contributed by atoms with Gasteiger partial charge in [-0.05, 0) is 46.5 Å². The zero-order chi connectivity index (χ0) is 16.5. The van der Waals surface area contributed by atoms with Crippen LogP contribution in [0.25, 0.3) is 11.1 Å². The summed E-state index contributed by atoms with van der Waals surface area (Å²) < 4.78 is 11.2. The first-order valence-corrected chi connectivity index (χ1v) is 9.40. The average molecular weight is 364 g/mol. The van der Waals surface area contributed by atoms with E-state index in [2.05, 4.69) is 28.2 Å². The summed E-state index contributed by atoms with van der Waals surface area (Å²) in [5.41, 5.74) is 3.38. The van der Waals surface area contributed by atoms with Gasteiger partial charge < -0.3 is 14.8 Å². The number of carbonyl (C=O) groups is 1. The molecule has 2 aliphatic rings. The van der Waals surface area contributed by atoms with Gasteiger partial charge in [0, 0.05) is 18.6 Å². The lowest BCUT2D eigenvalue weighted by Gasteiger charge is -2.14. The molecule has 0 bridgehead atoms. The van der Waals surface area contributed by atoms with Crippen LogP contribution in [0.3, 0.4) is 0 Å². The first kappa shape index (κ1) is 15.9. The summed E-state index contributed by atoms with van der Waals surface area (Å²) in [5, 5.41) is 7.77. The number of fused-ring (bicyclic) bond motifs is 1. The van der Waals surface area contributed by atoms with Gasteiger partial charge in [-0.2, -0.15) is 11.3 Å². The Bertz CT molecular complexity index is 741. The van der Waals surface area contributed by atoms with Crippen molar-refractivity contribution in [1.29, 1.82) is 0 Å². The Morgan fingerprint density at radius 1 is 1.38 bits per heavy atom. The highest BCUT2D eigenvalue weighted by atomic mass is 35.5. The molecule has 0 saturated carbocycles. The molecule has 2 atom stereocenters. The molecule has 6 heteroatoms. The van der Waals surface area contributed by atoms with E-state index in [1.807, 2.05) is 6.07 Å². The average Bonchev–Trinajstić information content (AvgIpc) is 3.32. The highest BCUT2D eigenvalue weighted by Gasteiger charge is 2.28. The van der Waals surface area contributed by atoms with Gasteiger partial charge in [-0.15, -0.1) is 0 Å². The van der Waals surface area contributed by atoms with Crippen molar-refractivity contribution in [3.05, 3.63) is 39.5 Å². The topological polar surface area (TPSA) is 47.6 Å². The van der Waals surface area contributed by atoms with Gasteiger partial charge in [-0.25, -0.2) is 0 Å². The van der Waals surface area contributed by atoms with Crippen molar-refractivity contribution in [1.82, 2.24) is 5.32 Å². The molecule has 1 amide bonds. The van der Waals surface area contributed by atoms with Gasteiger partial charge in [-0.1, -0.05) is 11.6 Å². The Morgan fingerprint density at radius 2 is 2.29 bits per heavy atom. The van der Waals surface area contributed by atoms with Gasteiger partial charge in [0.15, 0.2) is 0 Å². The van der Waals surface area contributed by atoms with Crippen molar-refractivity contribution in [3.8, 4) is 16.9 Å². The van der Waals surface area contributed by atoms with E-state index >= 15 is 0 Å². The van der Waals surface area contributed by atoms with E-state index in [0.717, 1.165) is 29.7 Å². The molecule has 2 aromatic rings. The number of rotatable bonds is 4. The molecule has 0 radical (unpaired) electrons. The van der Waals surface area contributed by atoms with Crippen LogP contribution < -0.4 is 10.1 Å². The molecular formula is C18H18ClNO3S. The third-order valence-corrected chi connectivity index (χ3v) is 5.48. The van der Waals surface area contributed by atoms with E-state index < -0.39 is 0 Å². The Balaban J connectivity index is 1.42. The van der Waals surface area contributed by atoms with E-state index in [4.69, 9.17) is 21.1 Å². The molecular weight excluding hydrogens is 346 g/mol. The minimum Gasteiger partial charge on any atom is -0.486 e. The predicted molar refractivity (Wildman–Crippen MR) is 94.8 cm³/mol. The van der Waals surface area contributed by atoms with Crippen molar-refractivity contribution in [2.75, 3.05) is 19.8 Å². The maximum atomic E-state index is 12.1. The molecule has 1 N–H and O–H groups in total. The molecule has 4 nitrogen and oxygen atoms in total. The lowest BCUT2D eigenvalue weighted by molar-refractivity contribution is -0.125. The standard InChI is InChI=1S/C18H18ClNO3S/c19-16-7-13(12-2-4-24-10-12)5-14-6-15(23-17(14)16)8-20-18(21)11-1-3-22-9-11/h2,4-5,7,10-11,15H,1,3,6,8-9H2,(H,20,21)/t11-,15+/m1/s1. The Morgan fingerprint density at radius 3 is 3.04 bits per heavy atom. The summed E-state index contributed by atoms with van der Waals surface area (Å²) in [6.07, 6.45) is 1.49. The van der Waals surface area contributed by atoms with E-state index in [9.17, 15) is 4.79 Å². The predicted octanol–water partition coefficient (Wildman–Crippen LogP) is 3.52. The van der Waals surface area contributed by atoms with Crippen molar-refractivity contribution in [2.24, 2.45) is 5.92 Å². The number of benzene rings is 1. The zero-order valence-corrected chi connectivity index (χ0v) is 14.7. The van der Waals surface area contributed by atoms with E-state index in [0.29, 0.717) is 24.8 Å². The first-order valence-electron chi connectivity index (χ1n) is 8.08. The molecule has 24 heavy (non-hydrogen) atoms. The van der Waals surface area contributed by atoms with Crippen molar-refractivity contribution in [2.45, 2.75) is 18.9 Å². The largest absolute Gasteiger partial charge is 0.486 e. The van der Waals surface area contributed by atoms with Gasteiger partial charge in [-0.3, -0.25) is 4.79 Å². The summed E-state index contributed by atoms with van der Waals surface area (Å²) in [5.74, 6) is 0.777. The van der Waals surface area contributed by atoms with Crippen LogP contribution in [0.2, 0.25) is 5.02 Å². The van der Waals surface area contributed by atoms with Crippen LogP contribution in [0.4, 0.5) is 0 Å². The normalized spacial score (nSPS) is 22.2. The SMILES string of the molecule is O=C(NC[C@@H]1Cc2cc(-c3ccsc3)cc(Cl)c2O1)[C@@H]1CCOC1. The van der Waals surface area contributed by atoms with Gasteiger partial charge in [0.05, 0.1) is 24.1 Å². The number of hydrogen-bond acceptors (Lipinski definition) is 4. The van der Waals surface area contributed by atoms with Crippen LogP contribution in [0.1, 0.15) is 12.0 Å². The summed E-state index contributed by atoms with van der Waals surface area (Å²) >= 11 is 8.06. The van der Waals surface area contributed by atoms with Crippen molar-refractivity contribution in [3.63, 3.8) is 0 Å². The Hall–Kier alpha value is -1.56. The highest BCUT2D eigenvalue weighted by Crippen LogP contribution is 2.39. The van der Waals surface area contributed by atoms with Crippen LogP contribution in [0.5, 0.6) is 5.75 Å². The van der Waals surface area contributed by atoms with Crippen LogP contribution in [0, 0.1) is 5.92 Å². The minimum atomic E-state index is -0.0681. The summed E-state index contributed by atoms with van der Waals surface area (Å²) in [6, 6.07) is 6.16. The zero-order valence-electron chi connectivity index (χ0n) is 13.1. The van der Waals surface area contributed by atoms with Gasteiger partial charge in [0.1, 0.15) is 11.9 Å². The van der Waals surface area contributed by atoms with Gasteiger partial charge in [0.25, 0.3) is 0 Å². The van der Waals surface area contributed by atoms with E-state index in [1.54, 1.807) is 11.3 Å². The number of carbonyl (C=O) groups excluding carboxylic acids is 1. The van der Waals surface area contributed by atoms with Gasteiger partial charge >= 0.3 is 0 Å². The molecule has 2 aliphatic heterocycles.